The molecule has 30 heavy (non-hydrogen) atoms. The number of thiazole rings is 1. The standard InChI is InChI=1S/C21H22N4O3S2/c1-15-19(18-9-5-6-12-22-18)29-21(23-15)24-20(26)16-10-13-25(14-11-16)30(27,28)17-7-3-2-4-8-17/h2-9,12,16H,10-11,13-14H2,1H3,(H,23,24,26). The van der Waals surface area contributed by atoms with E-state index in [0.717, 1.165) is 16.3 Å². The number of nitrogens with zero attached hydrogens (tertiary/aromatic N) is 3. The Bertz CT molecular complexity index is 1120. The molecule has 156 valence electrons. The fourth-order valence-electron chi connectivity index (χ4n) is 3.49. The summed E-state index contributed by atoms with van der Waals surface area (Å²) in [4.78, 5) is 22.7. The maximum Gasteiger partial charge on any atom is 0.243 e. The minimum Gasteiger partial charge on any atom is -0.302 e. The minimum atomic E-state index is -3.52. The summed E-state index contributed by atoms with van der Waals surface area (Å²) in [5, 5.41) is 3.44. The molecule has 4 rings (SSSR count). The van der Waals surface area contributed by atoms with E-state index in [1.165, 1.54) is 15.6 Å². The molecule has 1 amide bonds. The third-order valence-electron chi connectivity index (χ3n) is 5.13. The van der Waals surface area contributed by atoms with E-state index in [4.69, 9.17) is 0 Å². The van der Waals surface area contributed by atoms with Gasteiger partial charge in [-0.25, -0.2) is 13.4 Å². The molecule has 0 aliphatic carbocycles. The smallest absolute Gasteiger partial charge is 0.243 e. The average Bonchev–Trinajstić information content (AvgIpc) is 3.15. The zero-order chi connectivity index (χ0) is 21.1. The Morgan fingerprint density at radius 2 is 1.80 bits per heavy atom. The normalized spacial score (nSPS) is 15.8. The van der Waals surface area contributed by atoms with E-state index in [0.29, 0.717) is 31.1 Å². The van der Waals surface area contributed by atoms with Crippen molar-refractivity contribution in [3.05, 3.63) is 60.4 Å². The van der Waals surface area contributed by atoms with Crippen LogP contribution < -0.4 is 5.32 Å². The van der Waals surface area contributed by atoms with E-state index in [-0.39, 0.29) is 16.7 Å². The number of aromatic nitrogens is 2. The molecule has 1 aliphatic heterocycles. The van der Waals surface area contributed by atoms with Crippen LogP contribution in [0, 0.1) is 12.8 Å². The SMILES string of the molecule is Cc1nc(NC(=O)C2CCN(S(=O)(=O)c3ccccc3)CC2)sc1-c1ccccn1. The second kappa shape index (κ2) is 8.63. The van der Waals surface area contributed by atoms with Crippen LogP contribution in [0.1, 0.15) is 18.5 Å². The predicted octanol–water partition coefficient (Wildman–Crippen LogP) is 3.55. The highest BCUT2D eigenvalue weighted by atomic mass is 32.2. The highest BCUT2D eigenvalue weighted by Crippen LogP contribution is 2.32. The van der Waals surface area contributed by atoms with Crippen LogP contribution in [0.5, 0.6) is 0 Å². The summed E-state index contributed by atoms with van der Waals surface area (Å²) in [5.41, 5.74) is 1.64. The van der Waals surface area contributed by atoms with E-state index in [9.17, 15) is 13.2 Å². The van der Waals surface area contributed by atoms with Crippen molar-refractivity contribution in [2.45, 2.75) is 24.7 Å². The summed E-state index contributed by atoms with van der Waals surface area (Å²) in [6.45, 7) is 2.54. The van der Waals surface area contributed by atoms with Gasteiger partial charge in [0.15, 0.2) is 5.13 Å². The number of anilines is 1. The number of sulfonamides is 1. The van der Waals surface area contributed by atoms with Crippen molar-refractivity contribution in [2.75, 3.05) is 18.4 Å². The largest absolute Gasteiger partial charge is 0.302 e. The Balaban J connectivity index is 1.39. The summed E-state index contributed by atoms with van der Waals surface area (Å²) >= 11 is 1.40. The number of hydrogen-bond donors (Lipinski definition) is 1. The number of amides is 1. The predicted molar refractivity (Wildman–Crippen MR) is 117 cm³/mol. The molecule has 1 aromatic carbocycles. The van der Waals surface area contributed by atoms with Crippen LogP contribution in [0.3, 0.4) is 0 Å². The topological polar surface area (TPSA) is 92.3 Å². The van der Waals surface area contributed by atoms with Gasteiger partial charge in [0.25, 0.3) is 0 Å². The Morgan fingerprint density at radius 3 is 2.47 bits per heavy atom. The molecule has 2 aromatic heterocycles. The lowest BCUT2D eigenvalue weighted by atomic mass is 9.97. The summed E-state index contributed by atoms with van der Waals surface area (Å²) in [7, 11) is -3.52. The average molecular weight is 443 g/mol. The number of hydrogen-bond acceptors (Lipinski definition) is 6. The first-order chi connectivity index (χ1) is 14.4. The molecule has 9 heteroatoms. The number of piperidine rings is 1. The van der Waals surface area contributed by atoms with Crippen molar-refractivity contribution in [2.24, 2.45) is 5.92 Å². The maximum atomic E-state index is 12.7. The molecule has 0 atom stereocenters. The van der Waals surface area contributed by atoms with Crippen LogP contribution in [0.25, 0.3) is 10.6 Å². The molecule has 0 bridgehead atoms. The molecular weight excluding hydrogens is 420 g/mol. The number of rotatable bonds is 5. The number of nitrogens with one attached hydrogen (secondary N) is 1. The lowest BCUT2D eigenvalue weighted by molar-refractivity contribution is -0.120. The van der Waals surface area contributed by atoms with Crippen molar-refractivity contribution in [1.82, 2.24) is 14.3 Å². The molecule has 0 saturated carbocycles. The lowest BCUT2D eigenvalue weighted by Gasteiger charge is -2.30. The first-order valence-corrected chi connectivity index (χ1v) is 12.0. The van der Waals surface area contributed by atoms with Crippen molar-refractivity contribution in [3.8, 4) is 10.6 Å². The van der Waals surface area contributed by atoms with Gasteiger partial charge in [-0.1, -0.05) is 35.6 Å². The van der Waals surface area contributed by atoms with Crippen LogP contribution in [0.2, 0.25) is 0 Å². The molecule has 1 aliphatic rings. The fourth-order valence-corrected chi connectivity index (χ4v) is 5.93. The van der Waals surface area contributed by atoms with Crippen molar-refractivity contribution in [1.29, 1.82) is 0 Å². The zero-order valence-electron chi connectivity index (χ0n) is 16.5. The van der Waals surface area contributed by atoms with Crippen molar-refractivity contribution < 1.29 is 13.2 Å². The molecule has 3 aromatic rings. The first-order valence-electron chi connectivity index (χ1n) is 9.70. The molecule has 0 unspecified atom stereocenters. The summed E-state index contributed by atoms with van der Waals surface area (Å²) < 4.78 is 26.9. The van der Waals surface area contributed by atoms with Gasteiger partial charge >= 0.3 is 0 Å². The second-order valence-electron chi connectivity index (χ2n) is 7.13. The molecule has 7 nitrogen and oxygen atoms in total. The van der Waals surface area contributed by atoms with E-state index in [1.807, 2.05) is 25.1 Å². The van der Waals surface area contributed by atoms with Gasteiger partial charge in [-0.15, -0.1) is 0 Å². The lowest BCUT2D eigenvalue weighted by Crippen LogP contribution is -2.41. The monoisotopic (exact) mass is 442 g/mol. The third-order valence-corrected chi connectivity index (χ3v) is 8.14. The number of carbonyl (C=O) groups is 1. The van der Waals surface area contributed by atoms with Crippen molar-refractivity contribution >= 4 is 32.4 Å². The maximum absolute atomic E-state index is 12.7. The van der Waals surface area contributed by atoms with Gasteiger partial charge in [-0.05, 0) is 44.0 Å². The minimum absolute atomic E-state index is 0.118. The van der Waals surface area contributed by atoms with Crippen LogP contribution >= 0.6 is 11.3 Å². The number of carbonyl (C=O) groups excluding carboxylic acids is 1. The second-order valence-corrected chi connectivity index (χ2v) is 10.1. The molecular formula is C21H22N4O3S2. The van der Waals surface area contributed by atoms with Crippen molar-refractivity contribution in [3.63, 3.8) is 0 Å². The Morgan fingerprint density at radius 1 is 1.10 bits per heavy atom. The van der Waals surface area contributed by atoms with Crippen LogP contribution in [0.15, 0.2) is 59.6 Å². The number of benzene rings is 1. The van der Waals surface area contributed by atoms with Gasteiger partial charge in [0.05, 0.1) is 21.2 Å². The third kappa shape index (κ3) is 4.28. The van der Waals surface area contributed by atoms with Gasteiger partial charge in [-0.2, -0.15) is 4.31 Å². The van der Waals surface area contributed by atoms with Gasteiger partial charge in [0.1, 0.15) is 0 Å². The Labute approximate surface area is 179 Å². The number of pyridine rings is 1. The molecule has 1 fully saturated rings. The molecule has 1 saturated heterocycles. The molecule has 0 radical (unpaired) electrons. The molecule has 0 spiro atoms. The van der Waals surface area contributed by atoms with E-state index in [1.54, 1.807) is 36.5 Å². The van der Waals surface area contributed by atoms with E-state index < -0.39 is 10.0 Å². The summed E-state index contributed by atoms with van der Waals surface area (Å²) in [5.74, 6) is -0.359. The molecule has 1 N–H and O–H groups in total. The quantitative estimate of drug-likeness (QED) is 0.652. The van der Waals surface area contributed by atoms with Gasteiger partial charge < -0.3 is 5.32 Å². The highest BCUT2D eigenvalue weighted by Gasteiger charge is 2.32. The van der Waals surface area contributed by atoms with Crippen LogP contribution in [-0.2, 0) is 14.8 Å². The summed E-state index contributed by atoms with van der Waals surface area (Å²) in [6.07, 6.45) is 2.69. The first kappa shape index (κ1) is 20.6. The Hall–Kier alpha value is -2.62. The highest BCUT2D eigenvalue weighted by molar-refractivity contribution is 7.89. The van der Waals surface area contributed by atoms with Crippen LogP contribution in [0.4, 0.5) is 5.13 Å². The zero-order valence-corrected chi connectivity index (χ0v) is 18.1. The van der Waals surface area contributed by atoms with Gasteiger partial charge in [-0.3, -0.25) is 9.78 Å². The van der Waals surface area contributed by atoms with E-state index >= 15 is 0 Å². The van der Waals surface area contributed by atoms with Gasteiger partial charge in [0, 0.05) is 25.2 Å². The van der Waals surface area contributed by atoms with Crippen LogP contribution in [-0.4, -0.2) is 41.7 Å². The summed E-state index contributed by atoms with van der Waals surface area (Å²) in [6, 6.07) is 14.1. The van der Waals surface area contributed by atoms with E-state index in [2.05, 4.69) is 15.3 Å². The molecule has 3 heterocycles. The fraction of sp³-hybridized carbons (Fsp3) is 0.286. The number of aryl methyl sites for hydroxylation is 1. The van der Waals surface area contributed by atoms with Gasteiger partial charge in [0.2, 0.25) is 15.9 Å². The Kier molecular flexibility index (Phi) is 5.94.